The van der Waals surface area contributed by atoms with Crippen LogP contribution in [-0.2, 0) is 20.1 Å². The fourth-order valence-electron chi connectivity index (χ4n) is 1.53. The molecule has 0 unspecified atom stereocenters. The number of rotatable bonds is 0. The number of fused-ring (bicyclic) bond motifs is 3. The second kappa shape index (κ2) is 4.01. The van der Waals surface area contributed by atoms with Crippen molar-refractivity contribution in [1.82, 2.24) is 15.0 Å². The van der Waals surface area contributed by atoms with Crippen LogP contribution in [0.15, 0.2) is 36.9 Å². The van der Waals surface area contributed by atoms with Gasteiger partial charge in [-0.25, -0.2) is 4.98 Å². The first-order chi connectivity index (χ1) is 6.95. The maximum Gasteiger partial charge on any atom is 0.105 e. The van der Waals surface area contributed by atoms with Gasteiger partial charge in [0.15, 0.2) is 0 Å². The quantitative estimate of drug-likeness (QED) is 0.447. The van der Waals surface area contributed by atoms with E-state index in [2.05, 4.69) is 21.0 Å². The van der Waals surface area contributed by atoms with Crippen LogP contribution in [0.5, 0.6) is 0 Å². The molecule has 0 fully saturated rings. The molecule has 0 saturated carbocycles. The second-order valence-corrected chi connectivity index (χ2v) is 3.01. The summed E-state index contributed by atoms with van der Waals surface area (Å²) in [7, 11) is 0. The maximum absolute atomic E-state index is 4.24. The number of aromatic nitrogens is 3. The molecule has 1 radical (unpaired) electrons. The Morgan fingerprint density at radius 3 is 3.00 bits per heavy atom. The Kier molecular flexibility index (Phi) is 2.71. The van der Waals surface area contributed by atoms with Gasteiger partial charge in [-0.15, -0.1) is 12.1 Å². The van der Waals surface area contributed by atoms with E-state index in [0.717, 1.165) is 21.8 Å². The minimum Gasteiger partial charge on any atom is -0.352 e. The first-order valence-electron chi connectivity index (χ1n) is 4.30. The molecule has 0 bridgehead atoms. The van der Waals surface area contributed by atoms with E-state index in [9.17, 15) is 0 Å². The molecule has 4 heteroatoms. The second-order valence-electron chi connectivity index (χ2n) is 3.01. The molecule has 2 heterocycles. The molecule has 75 valence electrons. The fraction of sp³-hybridized carbons (Fsp3) is 0. The van der Waals surface area contributed by atoms with Gasteiger partial charge in [-0.05, 0) is 10.9 Å². The molecule has 2 aromatic heterocycles. The zero-order valence-electron chi connectivity index (χ0n) is 7.64. The van der Waals surface area contributed by atoms with Crippen LogP contribution in [0.25, 0.3) is 21.8 Å². The van der Waals surface area contributed by atoms with Crippen molar-refractivity contribution in [3.63, 3.8) is 0 Å². The van der Waals surface area contributed by atoms with Gasteiger partial charge in [0, 0.05) is 31.8 Å². The normalized spacial score (nSPS) is 10.1. The zero-order chi connectivity index (χ0) is 9.38. The van der Waals surface area contributed by atoms with Crippen molar-refractivity contribution >= 4 is 21.8 Å². The molecule has 0 amide bonds. The molecule has 3 aromatic rings. The van der Waals surface area contributed by atoms with E-state index in [0.29, 0.717) is 0 Å². The Morgan fingerprint density at radius 2 is 2.07 bits per heavy atom. The van der Waals surface area contributed by atoms with Crippen molar-refractivity contribution in [2.24, 2.45) is 0 Å². The summed E-state index contributed by atoms with van der Waals surface area (Å²) in [5, 5.41) is 1.97. The van der Waals surface area contributed by atoms with Crippen molar-refractivity contribution < 1.29 is 20.1 Å². The van der Waals surface area contributed by atoms with Crippen LogP contribution in [0.4, 0.5) is 0 Å². The van der Waals surface area contributed by atoms with E-state index in [1.807, 2.05) is 12.1 Å². The summed E-state index contributed by atoms with van der Waals surface area (Å²) in [6.07, 6.45) is 5.07. The minimum absolute atomic E-state index is 0. The van der Waals surface area contributed by atoms with Gasteiger partial charge in [-0.2, -0.15) is 0 Å². The molecular formula is C11H6IrN3-. The van der Waals surface area contributed by atoms with Gasteiger partial charge in [0.25, 0.3) is 0 Å². The van der Waals surface area contributed by atoms with Crippen LogP contribution in [0.2, 0.25) is 0 Å². The van der Waals surface area contributed by atoms with E-state index in [1.54, 1.807) is 24.8 Å². The predicted octanol–water partition coefficient (Wildman–Crippen LogP) is 1.98. The third-order valence-electron chi connectivity index (χ3n) is 2.17. The standard InChI is InChI=1S/C11H6N3.Ir/c1-2-9-10(13-5-1)4-3-8-6-12-7-14-11(8)9;/h1,3-7H;/q-1;. The Labute approximate surface area is 99.9 Å². The average Bonchev–Trinajstić information content (AvgIpc) is 2.29. The minimum atomic E-state index is 0. The molecular weight excluding hydrogens is 366 g/mol. The number of hydrogen-bond acceptors (Lipinski definition) is 3. The molecule has 15 heavy (non-hydrogen) atoms. The van der Waals surface area contributed by atoms with Crippen molar-refractivity contribution in [1.29, 1.82) is 0 Å². The molecule has 0 aliphatic heterocycles. The van der Waals surface area contributed by atoms with E-state index >= 15 is 0 Å². The smallest absolute Gasteiger partial charge is 0.105 e. The molecule has 3 rings (SSSR count). The Morgan fingerprint density at radius 1 is 1.13 bits per heavy atom. The first kappa shape index (κ1) is 10.1. The molecule has 0 N–H and O–H groups in total. The number of hydrogen-bond donors (Lipinski definition) is 0. The summed E-state index contributed by atoms with van der Waals surface area (Å²) < 4.78 is 0. The summed E-state index contributed by atoms with van der Waals surface area (Å²) in [5.41, 5.74) is 1.82. The molecule has 3 nitrogen and oxygen atoms in total. The Hall–Kier alpha value is -1.38. The maximum atomic E-state index is 4.24. The van der Waals surface area contributed by atoms with Gasteiger partial charge in [0.2, 0.25) is 0 Å². The van der Waals surface area contributed by atoms with Crippen LogP contribution in [-0.4, -0.2) is 15.0 Å². The van der Waals surface area contributed by atoms with E-state index in [4.69, 9.17) is 0 Å². The average molecular weight is 372 g/mol. The van der Waals surface area contributed by atoms with Crippen molar-refractivity contribution in [3.05, 3.63) is 43.0 Å². The molecule has 1 aromatic carbocycles. The van der Waals surface area contributed by atoms with Gasteiger partial charge < -0.3 is 4.98 Å². The van der Waals surface area contributed by atoms with Crippen molar-refractivity contribution in [2.45, 2.75) is 0 Å². The third kappa shape index (κ3) is 1.62. The monoisotopic (exact) mass is 373 g/mol. The van der Waals surface area contributed by atoms with Gasteiger partial charge in [-0.1, -0.05) is 23.7 Å². The molecule has 0 aliphatic carbocycles. The number of pyridine rings is 1. The number of benzene rings is 1. The third-order valence-corrected chi connectivity index (χ3v) is 2.17. The SMILES string of the molecule is [Ir].[c-]1ccnc2ccc3cncnc3c12. The summed E-state index contributed by atoms with van der Waals surface area (Å²) in [5.74, 6) is 0. The topological polar surface area (TPSA) is 38.7 Å². The molecule has 0 aliphatic rings. The fourth-order valence-corrected chi connectivity index (χ4v) is 1.53. The summed E-state index contributed by atoms with van der Waals surface area (Å²) >= 11 is 0. The molecule has 0 saturated heterocycles. The van der Waals surface area contributed by atoms with Gasteiger partial charge in [0.1, 0.15) is 6.33 Å². The van der Waals surface area contributed by atoms with Crippen LogP contribution in [0.1, 0.15) is 0 Å². The van der Waals surface area contributed by atoms with E-state index in [1.165, 1.54) is 0 Å². The summed E-state index contributed by atoms with van der Waals surface area (Å²) in [4.78, 5) is 12.4. The Bertz CT molecular complexity index is 555. The van der Waals surface area contributed by atoms with Gasteiger partial charge >= 0.3 is 0 Å². The predicted molar refractivity (Wildman–Crippen MR) is 53.7 cm³/mol. The van der Waals surface area contributed by atoms with Crippen LogP contribution in [0.3, 0.4) is 0 Å². The first-order valence-corrected chi connectivity index (χ1v) is 4.30. The van der Waals surface area contributed by atoms with E-state index < -0.39 is 0 Å². The molecule has 0 atom stereocenters. The Balaban J connectivity index is 0.000000853. The van der Waals surface area contributed by atoms with Gasteiger partial charge in [-0.3, -0.25) is 4.98 Å². The number of nitrogens with zero attached hydrogens (tertiary/aromatic N) is 3. The van der Waals surface area contributed by atoms with Crippen molar-refractivity contribution in [3.8, 4) is 0 Å². The summed E-state index contributed by atoms with van der Waals surface area (Å²) in [6, 6.07) is 8.86. The van der Waals surface area contributed by atoms with Crippen LogP contribution < -0.4 is 0 Å². The zero-order valence-corrected chi connectivity index (χ0v) is 10.0. The molecule has 0 spiro atoms. The van der Waals surface area contributed by atoms with E-state index in [-0.39, 0.29) is 20.1 Å². The van der Waals surface area contributed by atoms with Crippen LogP contribution >= 0.6 is 0 Å². The van der Waals surface area contributed by atoms with Crippen LogP contribution in [0, 0.1) is 6.07 Å². The largest absolute Gasteiger partial charge is 0.352 e. The summed E-state index contributed by atoms with van der Waals surface area (Å²) in [6.45, 7) is 0. The van der Waals surface area contributed by atoms with Crippen molar-refractivity contribution in [2.75, 3.05) is 0 Å². The van der Waals surface area contributed by atoms with Gasteiger partial charge in [0.05, 0.1) is 0 Å².